The highest BCUT2D eigenvalue weighted by atomic mass is 32.2. The number of morpholine rings is 1. The van der Waals surface area contributed by atoms with Crippen molar-refractivity contribution in [1.82, 2.24) is 8.61 Å². The van der Waals surface area contributed by atoms with Crippen LogP contribution < -0.4 is 9.47 Å². The van der Waals surface area contributed by atoms with Gasteiger partial charge in [0.25, 0.3) is 10.2 Å². The van der Waals surface area contributed by atoms with E-state index in [-0.39, 0.29) is 5.92 Å². The van der Waals surface area contributed by atoms with Gasteiger partial charge in [-0.2, -0.15) is 17.0 Å². The molecule has 2 aliphatic heterocycles. The summed E-state index contributed by atoms with van der Waals surface area (Å²) < 4.78 is 44.7. The van der Waals surface area contributed by atoms with E-state index in [1.807, 2.05) is 18.2 Å². The second-order valence-electron chi connectivity index (χ2n) is 5.95. The number of para-hydroxylation sites is 1. The first kappa shape index (κ1) is 17.5. The van der Waals surface area contributed by atoms with Crippen LogP contribution in [-0.2, 0) is 14.9 Å². The van der Waals surface area contributed by atoms with E-state index < -0.39 is 10.2 Å². The SMILES string of the molecule is COc1cccc([C@H]2CCN(S(=O)(=O)N3CCOCC3)C2)c1OC. The Kier molecular flexibility index (Phi) is 5.29. The molecule has 0 saturated carbocycles. The molecule has 2 saturated heterocycles. The van der Waals surface area contributed by atoms with Crippen molar-refractivity contribution in [2.75, 3.05) is 53.6 Å². The molecule has 0 amide bonds. The molecule has 24 heavy (non-hydrogen) atoms. The molecular formula is C16H24N2O5S. The van der Waals surface area contributed by atoms with Crippen LogP contribution in [0.2, 0.25) is 0 Å². The van der Waals surface area contributed by atoms with Crippen LogP contribution in [0.25, 0.3) is 0 Å². The monoisotopic (exact) mass is 356 g/mol. The molecule has 8 heteroatoms. The summed E-state index contributed by atoms with van der Waals surface area (Å²) in [5.41, 5.74) is 0.997. The average Bonchev–Trinajstić information content (AvgIpc) is 3.12. The summed E-state index contributed by atoms with van der Waals surface area (Å²) in [7, 11) is -0.211. The van der Waals surface area contributed by atoms with Crippen molar-refractivity contribution in [3.8, 4) is 11.5 Å². The van der Waals surface area contributed by atoms with Gasteiger partial charge in [0.05, 0.1) is 27.4 Å². The highest BCUT2D eigenvalue weighted by molar-refractivity contribution is 7.86. The van der Waals surface area contributed by atoms with Gasteiger partial charge in [-0.3, -0.25) is 0 Å². The van der Waals surface area contributed by atoms with E-state index in [0.717, 1.165) is 12.0 Å². The predicted octanol–water partition coefficient (Wildman–Crippen LogP) is 1.07. The highest BCUT2D eigenvalue weighted by Crippen LogP contribution is 2.39. The van der Waals surface area contributed by atoms with E-state index >= 15 is 0 Å². The molecule has 2 fully saturated rings. The zero-order valence-corrected chi connectivity index (χ0v) is 14.9. The molecule has 1 aromatic rings. The van der Waals surface area contributed by atoms with Gasteiger partial charge < -0.3 is 14.2 Å². The van der Waals surface area contributed by atoms with Gasteiger partial charge in [-0.15, -0.1) is 0 Å². The van der Waals surface area contributed by atoms with E-state index in [4.69, 9.17) is 14.2 Å². The Labute approximate surface area is 143 Å². The van der Waals surface area contributed by atoms with Crippen LogP contribution in [0.5, 0.6) is 11.5 Å². The number of nitrogens with zero attached hydrogens (tertiary/aromatic N) is 2. The first-order valence-electron chi connectivity index (χ1n) is 8.11. The minimum atomic E-state index is -3.42. The normalized spacial score (nSPS) is 23.3. The van der Waals surface area contributed by atoms with Crippen LogP contribution in [0.1, 0.15) is 17.9 Å². The van der Waals surface area contributed by atoms with Crippen LogP contribution in [-0.4, -0.2) is 70.6 Å². The third kappa shape index (κ3) is 3.23. The molecule has 3 rings (SSSR count). The van der Waals surface area contributed by atoms with E-state index in [9.17, 15) is 8.42 Å². The van der Waals surface area contributed by atoms with Crippen molar-refractivity contribution < 1.29 is 22.6 Å². The molecule has 7 nitrogen and oxygen atoms in total. The van der Waals surface area contributed by atoms with Gasteiger partial charge in [0.1, 0.15) is 0 Å². The Morgan fingerprint density at radius 1 is 1.08 bits per heavy atom. The molecule has 0 aromatic heterocycles. The van der Waals surface area contributed by atoms with Crippen molar-refractivity contribution in [3.05, 3.63) is 23.8 Å². The summed E-state index contributed by atoms with van der Waals surface area (Å²) >= 11 is 0. The zero-order chi connectivity index (χ0) is 17.2. The summed E-state index contributed by atoms with van der Waals surface area (Å²) in [6.45, 7) is 2.74. The number of hydrogen-bond acceptors (Lipinski definition) is 5. The van der Waals surface area contributed by atoms with Crippen LogP contribution in [0.15, 0.2) is 18.2 Å². The first-order chi connectivity index (χ1) is 11.6. The number of methoxy groups -OCH3 is 2. The topological polar surface area (TPSA) is 68.3 Å². The number of hydrogen-bond donors (Lipinski definition) is 0. The van der Waals surface area contributed by atoms with Gasteiger partial charge in [0.15, 0.2) is 11.5 Å². The van der Waals surface area contributed by atoms with Crippen molar-refractivity contribution in [1.29, 1.82) is 0 Å². The summed E-state index contributed by atoms with van der Waals surface area (Å²) in [4.78, 5) is 0. The first-order valence-corrected chi connectivity index (χ1v) is 9.51. The Hall–Kier alpha value is -1.35. The second kappa shape index (κ2) is 7.26. The minimum Gasteiger partial charge on any atom is -0.493 e. The fourth-order valence-corrected chi connectivity index (χ4v) is 5.01. The fourth-order valence-electron chi connectivity index (χ4n) is 3.37. The predicted molar refractivity (Wildman–Crippen MR) is 89.8 cm³/mol. The lowest BCUT2D eigenvalue weighted by molar-refractivity contribution is 0.0705. The van der Waals surface area contributed by atoms with E-state index in [2.05, 4.69) is 0 Å². The smallest absolute Gasteiger partial charge is 0.282 e. The van der Waals surface area contributed by atoms with Crippen LogP contribution in [0.3, 0.4) is 0 Å². The minimum absolute atomic E-state index is 0.103. The standard InChI is InChI=1S/C16H24N2O5S/c1-21-15-5-3-4-14(16(15)22-2)13-6-7-18(12-13)24(19,20)17-8-10-23-11-9-17/h3-5,13H,6-12H2,1-2H3/t13-/m0/s1. The quantitative estimate of drug-likeness (QED) is 0.789. The molecule has 2 aliphatic rings. The third-order valence-electron chi connectivity index (χ3n) is 4.65. The van der Waals surface area contributed by atoms with Crippen LogP contribution in [0, 0.1) is 0 Å². The summed E-state index contributed by atoms with van der Waals surface area (Å²) in [5, 5.41) is 0. The maximum absolute atomic E-state index is 12.8. The summed E-state index contributed by atoms with van der Waals surface area (Å²) in [5.74, 6) is 1.46. The molecule has 0 bridgehead atoms. The highest BCUT2D eigenvalue weighted by Gasteiger charge is 2.37. The third-order valence-corrected chi connectivity index (χ3v) is 6.65. The van der Waals surface area contributed by atoms with E-state index in [0.29, 0.717) is 50.9 Å². The summed E-state index contributed by atoms with van der Waals surface area (Å²) in [6, 6.07) is 5.74. The molecule has 0 radical (unpaired) electrons. The molecule has 0 unspecified atom stereocenters. The lowest BCUT2D eigenvalue weighted by Crippen LogP contribution is -2.47. The van der Waals surface area contributed by atoms with Crippen molar-refractivity contribution >= 4 is 10.2 Å². The Morgan fingerprint density at radius 3 is 2.50 bits per heavy atom. The van der Waals surface area contributed by atoms with E-state index in [1.165, 1.54) is 4.31 Å². The summed E-state index contributed by atoms with van der Waals surface area (Å²) in [6.07, 6.45) is 0.771. The molecule has 0 N–H and O–H groups in total. The van der Waals surface area contributed by atoms with Gasteiger partial charge >= 0.3 is 0 Å². The lowest BCUT2D eigenvalue weighted by Gasteiger charge is -2.30. The maximum Gasteiger partial charge on any atom is 0.282 e. The fraction of sp³-hybridized carbons (Fsp3) is 0.625. The Bertz CT molecular complexity index is 673. The van der Waals surface area contributed by atoms with Gasteiger partial charge in [0, 0.05) is 37.7 Å². The molecule has 0 aliphatic carbocycles. The molecule has 2 heterocycles. The number of rotatable bonds is 5. The second-order valence-corrected chi connectivity index (χ2v) is 7.87. The van der Waals surface area contributed by atoms with Crippen LogP contribution in [0.4, 0.5) is 0 Å². The molecule has 134 valence electrons. The Morgan fingerprint density at radius 2 is 1.83 bits per heavy atom. The largest absolute Gasteiger partial charge is 0.493 e. The maximum atomic E-state index is 12.8. The van der Waals surface area contributed by atoms with Gasteiger partial charge in [0.2, 0.25) is 0 Å². The van der Waals surface area contributed by atoms with E-state index in [1.54, 1.807) is 18.5 Å². The molecule has 1 aromatic carbocycles. The number of ether oxygens (including phenoxy) is 3. The Balaban J connectivity index is 1.78. The zero-order valence-electron chi connectivity index (χ0n) is 14.1. The molecular weight excluding hydrogens is 332 g/mol. The number of benzene rings is 1. The molecule has 0 spiro atoms. The van der Waals surface area contributed by atoms with Crippen LogP contribution >= 0.6 is 0 Å². The average molecular weight is 356 g/mol. The van der Waals surface area contributed by atoms with Gasteiger partial charge in [-0.05, 0) is 12.5 Å². The van der Waals surface area contributed by atoms with Gasteiger partial charge in [-0.25, -0.2) is 0 Å². The van der Waals surface area contributed by atoms with Crippen molar-refractivity contribution in [3.63, 3.8) is 0 Å². The van der Waals surface area contributed by atoms with Crippen molar-refractivity contribution in [2.24, 2.45) is 0 Å². The van der Waals surface area contributed by atoms with Crippen molar-refractivity contribution in [2.45, 2.75) is 12.3 Å². The van der Waals surface area contributed by atoms with Gasteiger partial charge in [-0.1, -0.05) is 12.1 Å². The lowest BCUT2D eigenvalue weighted by atomic mass is 9.97. The molecule has 1 atom stereocenters.